The number of hydrogen-bond acceptors (Lipinski definition) is 3. The van der Waals surface area contributed by atoms with Crippen molar-refractivity contribution in [2.24, 2.45) is 5.10 Å². The molecule has 4 nitrogen and oxygen atoms in total. The van der Waals surface area contributed by atoms with Crippen molar-refractivity contribution >= 4 is 12.1 Å². The van der Waals surface area contributed by atoms with Gasteiger partial charge in [0.1, 0.15) is 5.75 Å². The summed E-state index contributed by atoms with van der Waals surface area (Å²) < 4.78 is 5.20. The van der Waals surface area contributed by atoms with Crippen LogP contribution in [0, 0.1) is 6.92 Å². The zero-order chi connectivity index (χ0) is 14.4. The summed E-state index contributed by atoms with van der Waals surface area (Å²) in [6.45, 7) is 1.97. The van der Waals surface area contributed by atoms with Gasteiger partial charge in [0.05, 0.1) is 13.3 Å². The smallest absolute Gasteiger partial charge is 0.271 e. The minimum Gasteiger partial charge on any atom is -0.496 e. The Hall–Kier alpha value is -2.62. The highest BCUT2D eigenvalue weighted by molar-refractivity contribution is 5.95. The number of carbonyl (C=O) groups is 1. The van der Waals surface area contributed by atoms with Crippen LogP contribution >= 0.6 is 0 Å². The molecule has 0 saturated heterocycles. The van der Waals surface area contributed by atoms with Crippen LogP contribution in [0.3, 0.4) is 0 Å². The second kappa shape index (κ2) is 6.52. The standard InChI is InChI=1S/C16H16N2O2/c1-12-7-9-13(10-8-12)16(19)18-17-11-14-5-3-4-6-15(14)20-2/h3-11H,1-2H3,(H,18,19). The average molecular weight is 268 g/mol. The summed E-state index contributed by atoms with van der Waals surface area (Å²) in [7, 11) is 1.59. The molecule has 0 unspecified atom stereocenters. The molecule has 0 aromatic heterocycles. The van der Waals surface area contributed by atoms with Crippen molar-refractivity contribution in [1.82, 2.24) is 5.43 Å². The summed E-state index contributed by atoms with van der Waals surface area (Å²) in [6.07, 6.45) is 1.56. The number of nitrogens with zero attached hydrogens (tertiary/aromatic N) is 1. The predicted octanol–water partition coefficient (Wildman–Crippen LogP) is 2.77. The fourth-order valence-corrected chi connectivity index (χ4v) is 1.70. The summed E-state index contributed by atoms with van der Waals surface area (Å²) in [5.74, 6) is 0.469. The molecule has 0 bridgehead atoms. The third-order valence-corrected chi connectivity index (χ3v) is 2.82. The lowest BCUT2D eigenvalue weighted by molar-refractivity contribution is 0.0955. The van der Waals surface area contributed by atoms with E-state index in [4.69, 9.17) is 4.74 Å². The van der Waals surface area contributed by atoms with Crippen LogP contribution in [-0.4, -0.2) is 19.2 Å². The molecule has 0 aliphatic rings. The molecule has 0 fully saturated rings. The topological polar surface area (TPSA) is 50.7 Å². The number of rotatable bonds is 4. The molecule has 0 heterocycles. The molecule has 4 heteroatoms. The minimum absolute atomic E-state index is 0.240. The first-order valence-electron chi connectivity index (χ1n) is 6.24. The number of amides is 1. The third kappa shape index (κ3) is 3.45. The van der Waals surface area contributed by atoms with Gasteiger partial charge < -0.3 is 4.74 Å². The fraction of sp³-hybridized carbons (Fsp3) is 0.125. The van der Waals surface area contributed by atoms with Gasteiger partial charge in [-0.15, -0.1) is 0 Å². The van der Waals surface area contributed by atoms with Crippen molar-refractivity contribution in [3.8, 4) is 5.75 Å². The van der Waals surface area contributed by atoms with Crippen molar-refractivity contribution in [3.05, 3.63) is 65.2 Å². The van der Waals surface area contributed by atoms with E-state index in [1.165, 1.54) is 0 Å². The van der Waals surface area contributed by atoms with Crippen molar-refractivity contribution in [1.29, 1.82) is 0 Å². The molecule has 0 aliphatic carbocycles. The van der Waals surface area contributed by atoms with Crippen LogP contribution in [0.1, 0.15) is 21.5 Å². The van der Waals surface area contributed by atoms with Crippen LogP contribution in [0.15, 0.2) is 53.6 Å². The number of ether oxygens (including phenoxy) is 1. The first kappa shape index (κ1) is 13.8. The Labute approximate surface area is 118 Å². The van der Waals surface area contributed by atoms with Crippen LogP contribution in [-0.2, 0) is 0 Å². The first-order valence-corrected chi connectivity index (χ1v) is 6.24. The summed E-state index contributed by atoms with van der Waals surface area (Å²) >= 11 is 0. The van der Waals surface area contributed by atoms with E-state index in [1.807, 2.05) is 43.3 Å². The second-order valence-corrected chi connectivity index (χ2v) is 4.31. The van der Waals surface area contributed by atoms with Gasteiger partial charge in [-0.3, -0.25) is 4.79 Å². The van der Waals surface area contributed by atoms with E-state index in [0.29, 0.717) is 11.3 Å². The molecule has 0 saturated carbocycles. The zero-order valence-electron chi connectivity index (χ0n) is 11.5. The molecule has 20 heavy (non-hydrogen) atoms. The van der Waals surface area contributed by atoms with Crippen LogP contribution in [0.5, 0.6) is 5.75 Å². The number of methoxy groups -OCH3 is 1. The summed E-state index contributed by atoms with van der Waals surface area (Å²) in [5, 5.41) is 3.94. The predicted molar refractivity (Wildman–Crippen MR) is 79.2 cm³/mol. The highest BCUT2D eigenvalue weighted by Gasteiger charge is 2.03. The molecule has 0 atom stereocenters. The molecule has 0 aliphatic heterocycles. The number of hydrazone groups is 1. The maximum absolute atomic E-state index is 11.8. The van der Waals surface area contributed by atoms with Gasteiger partial charge in [0.2, 0.25) is 0 Å². The number of carbonyl (C=O) groups excluding carboxylic acids is 1. The molecular weight excluding hydrogens is 252 g/mol. The summed E-state index contributed by atoms with van der Waals surface area (Å²) in [4.78, 5) is 11.8. The van der Waals surface area contributed by atoms with Crippen molar-refractivity contribution in [3.63, 3.8) is 0 Å². The third-order valence-electron chi connectivity index (χ3n) is 2.82. The fourth-order valence-electron chi connectivity index (χ4n) is 1.70. The average Bonchev–Trinajstić information content (AvgIpc) is 2.48. The van der Waals surface area contributed by atoms with Crippen molar-refractivity contribution in [2.75, 3.05) is 7.11 Å². The van der Waals surface area contributed by atoms with E-state index in [-0.39, 0.29) is 5.91 Å². The molecule has 2 rings (SSSR count). The van der Waals surface area contributed by atoms with E-state index in [0.717, 1.165) is 11.1 Å². The lowest BCUT2D eigenvalue weighted by atomic mass is 10.1. The van der Waals surface area contributed by atoms with Gasteiger partial charge in [-0.05, 0) is 31.2 Å². The lowest BCUT2D eigenvalue weighted by Gasteiger charge is -2.03. The molecule has 1 N–H and O–H groups in total. The van der Waals surface area contributed by atoms with Gasteiger partial charge >= 0.3 is 0 Å². The quantitative estimate of drug-likeness (QED) is 0.684. The van der Waals surface area contributed by atoms with Crippen LogP contribution < -0.4 is 10.2 Å². The van der Waals surface area contributed by atoms with E-state index >= 15 is 0 Å². The lowest BCUT2D eigenvalue weighted by Crippen LogP contribution is -2.17. The van der Waals surface area contributed by atoms with Gasteiger partial charge in [-0.25, -0.2) is 5.43 Å². The van der Waals surface area contributed by atoms with E-state index in [9.17, 15) is 4.79 Å². The number of benzene rings is 2. The molecule has 2 aromatic carbocycles. The molecule has 1 amide bonds. The summed E-state index contributed by atoms with van der Waals surface area (Å²) in [5.41, 5.74) is 4.98. The van der Waals surface area contributed by atoms with Gasteiger partial charge in [0.15, 0.2) is 0 Å². The Morgan fingerprint density at radius 1 is 1.15 bits per heavy atom. The Bertz CT molecular complexity index is 619. The molecule has 0 spiro atoms. The molecule has 102 valence electrons. The number of hydrogen-bond donors (Lipinski definition) is 1. The Morgan fingerprint density at radius 3 is 2.55 bits per heavy atom. The van der Waals surface area contributed by atoms with E-state index < -0.39 is 0 Å². The van der Waals surface area contributed by atoms with Crippen molar-refractivity contribution in [2.45, 2.75) is 6.92 Å². The maximum atomic E-state index is 11.8. The first-order chi connectivity index (χ1) is 9.70. The molecular formula is C16H16N2O2. The molecule has 2 aromatic rings. The Kier molecular flexibility index (Phi) is 4.50. The largest absolute Gasteiger partial charge is 0.496 e. The van der Waals surface area contributed by atoms with Crippen LogP contribution in [0.2, 0.25) is 0 Å². The van der Waals surface area contributed by atoms with Crippen LogP contribution in [0.25, 0.3) is 0 Å². The normalized spacial score (nSPS) is 10.5. The Balaban J connectivity index is 2.02. The van der Waals surface area contributed by atoms with Crippen LogP contribution in [0.4, 0.5) is 0 Å². The minimum atomic E-state index is -0.240. The van der Waals surface area contributed by atoms with Crippen molar-refractivity contribution < 1.29 is 9.53 Å². The molecule has 0 radical (unpaired) electrons. The number of nitrogens with one attached hydrogen (secondary N) is 1. The zero-order valence-corrected chi connectivity index (χ0v) is 11.5. The highest BCUT2D eigenvalue weighted by Crippen LogP contribution is 2.14. The van der Waals surface area contributed by atoms with Gasteiger partial charge in [0.25, 0.3) is 5.91 Å². The number of para-hydroxylation sites is 1. The second-order valence-electron chi connectivity index (χ2n) is 4.31. The highest BCUT2D eigenvalue weighted by atomic mass is 16.5. The maximum Gasteiger partial charge on any atom is 0.271 e. The van der Waals surface area contributed by atoms with Gasteiger partial charge in [-0.2, -0.15) is 5.10 Å². The van der Waals surface area contributed by atoms with E-state index in [2.05, 4.69) is 10.5 Å². The number of aryl methyl sites for hydroxylation is 1. The van der Waals surface area contributed by atoms with E-state index in [1.54, 1.807) is 25.5 Å². The van der Waals surface area contributed by atoms with Gasteiger partial charge in [-0.1, -0.05) is 29.8 Å². The summed E-state index contributed by atoms with van der Waals surface area (Å²) in [6, 6.07) is 14.8. The monoisotopic (exact) mass is 268 g/mol. The Morgan fingerprint density at radius 2 is 1.85 bits per heavy atom. The SMILES string of the molecule is COc1ccccc1C=NNC(=O)c1ccc(C)cc1. The van der Waals surface area contributed by atoms with Gasteiger partial charge in [0, 0.05) is 11.1 Å².